The second-order valence-corrected chi connectivity index (χ2v) is 6.15. The summed E-state index contributed by atoms with van der Waals surface area (Å²) >= 11 is 0.586. The Kier molecular flexibility index (Phi) is 3.26. The topological polar surface area (TPSA) is 55.0 Å². The minimum Gasteiger partial charge on any atom is -0.346 e. The highest BCUT2D eigenvalue weighted by atomic mass is 32.1. The van der Waals surface area contributed by atoms with E-state index in [4.69, 9.17) is 5.73 Å². The van der Waals surface area contributed by atoms with Crippen LogP contribution in [0.15, 0.2) is 0 Å². The molecule has 0 spiro atoms. The smallest absolute Gasteiger partial charge is 0.346 e. The van der Waals surface area contributed by atoms with Gasteiger partial charge in [-0.15, -0.1) is 10.2 Å². The molecule has 1 aliphatic rings. The molecule has 2 N–H and O–H groups in total. The van der Waals surface area contributed by atoms with E-state index in [1.807, 2.05) is 18.7 Å². The maximum Gasteiger partial charge on any atom is 0.445 e. The molecule has 8 heteroatoms. The van der Waals surface area contributed by atoms with E-state index in [0.29, 0.717) is 29.6 Å². The molecule has 18 heavy (non-hydrogen) atoms. The van der Waals surface area contributed by atoms with Crippen molar-refractivity contribution >= 4 is 16.5 Å². The standard InChI is InChI=1S/C10H15F3N4S/c1-9(2)5-17(4-3-6(9)14)8-16-15-7(18-8)10(11,12)13/h6H,3-5,14H2,1-2H3. The summed E-state index contributed by atoms with van der Waals surface area (Å²) in [5, 5.41) is 6.25. The molecule has 1 saturated heterocycles. The third kappa shape index (κ3) is 2.59. The van der Waals surface area contributed by atoms with Crippen LogP contribution in [0.2, 0.25) is 0 Å². The maximum absolute atomic E-state index is 12.5. The van der Waals surface area contributed by atoms with Gasteiger partial charge in [0.1, 0.15) is 0 Å². The van der Waals surface area contributed by atoms with Gasteiger partial charge in [0.15, 0.2) is 0 Å². The van der Waals surface area contributed by atoms with Gasteiger partial charge in [0, 0.05) is 19.1 Å². The lowest BCUT2D eigenvalue weighted by molar-refractivity contribution is -0.138. The minimum atomic E-state index is -4.42. The van der Waals surface area contributed by atoms with Crippen molar-refractivity contribution in [3.8, 4) is 0 Å². The summed E-state index contributed by atoms with van der Waals surface area (Å²) in [6.07, 6.45) is -3.68. The zero-order valence-corrected chi connectivity index (χ0v) is 11.0. The molecule has 0 aromatic carbocycles. The van der Waals surface area contributed by atoms with E-state index in [0.717, 1.165) is 6.42 Å². The quantitative estimate of drug-likeness (QED) is 0.856. The maximum atomic E-state index is 12.5. The molecule has 0 radical (unpaired) electrons. The van der Waals surface area contributed by atoms with E-state index in [2.05, 4.69) is 10.2 Å². The Morgan fingerprint density at radius 1 is 1.39 bits per heavy atom. The highest BCUT2D eigenvalue weighted by Crippen LogP contribution is 2.37. The summed E-state index contributed by atoms with van der Waals surface area (Å²) in [5.74, 6) is 0. The molecule has 1 aromatic heterocycles. The highest BCUT2D eigenvalue weighted by Gasteiger charge is 2.38. The van der Waals surface area contributed by atoms with Crippen LogP contribution in [0.4, 0.5) is 18.3 Å². The highest BCUT2D eigenvalue weighted by molar-refractivity contribution is 7.15. The molecule has 2 rings (SSSR count). The first kappa shape index (κ1) is 13.5. The van der Waals surface area contributed by atoms with E-state index in [1.54, 1.807) is 0 Å². The third-order valence-electron chi connectivity index (χ3n) is 3.24. The molecule has 0 saturated carbocycles. The van der Waals surface area contributed by atoms with Crippen LogP contribution in [0, 0.1) is 5.41 Å². The van der Waals surface area contributed by atoms with Crippen molar-refractivity contribution in [2.45, 2.75) is 32.5 Å². The molecule has 0 bridgehead atoms. The zero-order valence-electron chi connectivity index (χ0n) is 10.2. The Hall–Kier alpha value is -0.890. The normalized spacial score (nSPS) is 24.3. The SMILES string of the molecule is CC1(C)CN(c2nnc(C(F)(F)F)s2)CCC1N. The fourth-order valence-corrected chi connectivity index (χ4v) is 2.73. The van der Waals surface area contributed by atoms with Gasteiger partial charge in [-0.3, -0.25) is 0 Å². The van der Waals surface area contributed by atoms with Crippen LogP contribution >= 0.6 is 11.3 Å². The molecule has 102 valence electrons. The van der Waals surface area contributed by atoms with Crippen molar-refractivity contribution in [3.05, 3.63) is 5.01 Å². The summed E-state index contributed by atoms with van der Waals surface area (Å²) in [6.45, 7) is 5.24. The monoisotopic (exact) mass is 280 g/mol. The lowest BCUT2D eigenvalue weighted by Gasteiger charge is -2.42. The number of aromatic nitrogens is 2. The van der Waals surface area contributed by atoms with E-state index in [9.17, 15) is 13.2 Å². The lowest BCUT2D eigenvalue weighted by atomic mass is 9.80. The molecule has 4 nitrogen and oxygen atoms in total. The number of nitrogens with zero attached hydrogens (tertiary/aromatic N) is 3. The Bertz CT molecular complexity index is 429. The van der Waals surface area contributed by atoms with Gasteiger partial charge < -0.3 is 10.6 Å². The number of halogens is 3. The van der Waals surface area contributed by atoms with Gasteiger partial charge >= 0.3 is 6.18 Å². The number of alkyl halides is 3. The fraction of sp³-hybridized carbons (Fsp3) is 0.800. The van der Waals surface area contributed by atoms with Gasteiger partial charge in [0.2, 0.25) is 10.1 Å². The fourth-order valence-electron chi connectivity index (χ4n) is 1.99. The summed E-state index contributed by atoms with van der Waals surface area (Å²) in [5.41, 5.74) is 5.85. The van der Waals surface area contributed by atoms with Crippen molar-refractivity contribution in [2.75, 3.05) is 18.0 Å². The van der Waals surface area contributed by atoms with Gasteiger partial charge in [-0.05, 0) is 11.8 Å². The van der Waals surface area contributed by atoms with Crippen molar-refractivity contribution in [1.82, 2.24) is 10.2 Å². The van der Waals surface area contributed by atoms with E-state index in [1.165, 1.54) is 0 Å². The second-order valence-electron chi connectivity index (χ2n) is 5.19. The summed E-state index contributed by atoms with van der Waals surface area (Å²) in [7, 11) is 0. The third-order valence-corrected chi connectivity index (χ3v) is 4.27. The molecule has 1 atom stereocenters. The molecule has 1 aromatic rings. The molecule has 1 aliphatic heterocycles. The lowest BCUT2D eigenvalue weighted by Crippen LogP contribution is -2.52. The van der Waals surface area contributed by atoms with Crippen molar-refractivity contribution in [3.63, 3.8) is 0 Å². The van der Waals surface area contributed by atoms with Crippen LogP contribution in [-0.4, -0.2) is 29.3 Å². The van der Waals surface area contributed by atoms with Gasteiger partial charge in [0.05, 0.1) is 0 Å². The summed E-state index contributed by atoms with van der Waals surface area (Å²) in [6, 6.07) is 0.0590. The summed E-state index contributed by atoms with van der Waals surface area (Å²) in [4.78, 5) is 1.83. The average molecular weight is 280 g/mol. The van der Waals surface area contributed by atoms with Crippen molar-refractivity contribution in [1.29, 1.82) is 0 Å². The average Bonchev–Trinajstić information content (AvgIpc) is 2.70. The number of anilines is 1. The first-order chi connectivity index (χ1) is 8.20. The Labute approximate surface area is 107 Å². The Morgan fingerprint density at radius 3 is 2.56 bits per heavy atom. The zero-order chi connectivity index (χ0) is 13.6. The molecule has 2 heterocycles. The van der Waals surface area contributed by atoms with E-state index in [-0.39, 0.29) is 11.5 Å². The van der Waals surface area contributed by atoms with Crippen LogP contribution in [0.3, 0.4) is 0 Å². The van der Waals surface area contributed by atoms with Crippen LogP contribution in [0.1, 0.15) is 25.3 Å². The van der Waals surface area contributed by atoms with Gasteiger partial charge in [0.25, 0.3) is 0 Å². The van der Waals surface area contributed by atoms with Crippen LogP contribution < -0.4 is 10.6 Å². The van der Waals surface area contributed by atoms with Crippen LogP contribution in [0.5, 0.6) is 0 Å². The predicted octanol–water partition coefficient (Wildman–Crippen LogP) is 2.12. The molecular formula is C10H15F3N4S. The van der Waals surface area contributed by atoms with Crippen LogP contribution in [-0.2, 0) is 6.18 Å². The van der Waals surface area contributed by atoms with E-state index < -0.39 is 11.2 Å². The number of rotatable bonds is 1. The largest absolute Gasteiger partial charge is 0.445 e. The molecular weight excluding hydrogens is 265 g/mol. The van der Waals surface area contributed by atoms with Gasteiger partial charge in [-0.1, -0.05) is 25.2 Å². The number of hydrogen-bond donors (Lipinski definition) is 1. The van der Waals surface area contributed by atoms with Gasteiger partial charge in [-0.25, -0.2) is 0 Å². The summed E-state index contributed by atoms with van der Waals surface area (Å²) < 4.78 is 37.4. The molecule has 0 aliphatic carbocycles. The Balaban J connectivity index is 2.16. The number of hydrogen-bond acceptors (Lipinski definition) is 5. The number of nitrogens with two attached hydrogens (primary N) is 1. The Morgan fingerprint density at radius 2 is 2.06 bits per heavy atom. The van der Waals surface area contributed by atoms with E-state index >= 15 is 0 Å². The predicted molar refractivity (Wildman–Crippen MR) is 63.5 cm³/mol. The first-order valence-electron chi connectivity index (χ1n) is 5.61. The number of piperidine rings is 1. The minimum absolute atomic E-state index is 0.0590. The molecule has 0 amide bonds. The van der Waals surface area contributed by atoms with Crippen molar-refractivity contribution < 1.29 is 13.2 Å². The van der Waals surface area contributed by atoms with Crippen molar-refractivity contribution in [2.24, 2.45) is 11.1 Å². The molecule has 1 unspecified atom stereocenters. The second kappa shape index (κ2) is 4.34. The molecule has 1 fully saturated rings. The van der Waals surface area contributed by atoms with Crippen LogP contribution in [0.25, 0.3) is 0 Å². The van der Waals surface area contributed by atoms with Gasteiger partial charge in [-0.2, -0.15) is 13.2 Å². The first-order valence-corrected chi connectivity index (χ1v) is 6.43.